The van der Waals surface area contributed by atoms with Crippen LogP contribution >= 0.6 is 11.6 Å². The van der Waals surface area contributed by atoms with E-state index < -0.39 is 0 Å². The van der Waals surface area contributed by atoms with Crippen LogP contribution in [0.5, 0.6) is 0 Å². The van der Waals surface area contributed by atoms with Crippen LogP contribution in [0.4, 0.5) is 0 Å². The number of fused-ring (bicyclic) bond motifs is 1. The Balaban J connectivity index is 1.61. The topological polar surface area (TPSA) is 50.9 Å². The van der Waals surface area contributed by atoms with E-state index in [1.54, 1.807) is 6.92 Å². The van der Waals surface area contributed by atoms with E-state index in [2.05, 4.69) is 57.8 Å². The number of rotatable bonds is 5. The monoisotopic (exact) mass is 413 g/mol. The van der Waals surface area contributed by atoms with Gasteiger partial charge in [-0.2, -0.15) is 0 Å². The molecule has 1 unspecified atom stereocenters. The highest BCUT2D eigenvalue weighted by molar-refractivity contribution is 6.30. The molecule has 6 nitrogen and oxygen atoms in total. The predicted molar refractivity (Wildman–Crippen MR) is 117 cm³/mol. The Bertz CT molecular complexity index is 852. The van der Waals surface area contributed by atoms with E-state index in [0.29, 0.717) is 0 Å². The molecule has 1 atom stereocenters. The lowest BCUT2D eigenvalue weighted by atomic mass is 10.1. The minimum atomic E-state index is 0.108. The second-order valence-corrected chi connectivity index (χ2v) is 8.02. The third-order valence-corrected chi connectivity index (χ3v) is 5.89. The van der Waals surface area contributed by atoms with Crippen LogP contribution in [-0.2, 0) is 4.79 Å². The Morgan fingerprint density at radius 1 is 1.21 bits per heavy atom. The molecule has 1 fully saturated rings. The van der Waals surface area contributed by atoms with Crippen molar-refractivity contribution >= 4 is 23.2 Å². The molecule has 4 rings (SSSR count). The second kappa shape index (κ2) is 8.51. The number of nitrogens with zero attached hydrogens (tertiary/aromatic N) is 3. The average Bonchev–Trinajstić information content (AvgIpc) is 3.07. The van der Waals surface area contributed by atoms with Crippen LogP contribution in [0.15, 0.2) is 54.0 Å². The Morgan fingerprint density at radius 3 is 2.59 bits per heavy atom. The van der Waals surface area contributed by atoms with Gasteiger partial charge >= 0.3 is 0 Å². The Labute approximate surface area is 177 Å². The van der Waals surface area contributed by atoms with Gasteiger partial charge in [0.1, 0.15) is 6.17 Å². The summed E-state index contributed by atoms with van der Waals surface area (Å²) in [5.74, 6) is 0.160. The molecule has 2 N–H and O–H groups in total. The summed E-state index contributed by atoms with van der Waals surface area (Å²) in [5, 5.41) is 7.82. The molecule has 0 spiro atoms. The summed E-state index contributed by atoms with van der Waals surface area (Å²) in [4.78, 5) is 18.3. The normalized spacial score (nSPS) is 21.8. The third-order valence-electron chi connectivity index (χ3n) is 5.63. The fourth-order valence-electron chi connectivity index (χ4n) is 4.05. The first-order chi connectivity index (χ1) is 14.0. The van der Waals surface area contributed by atoms with Crippen molar-refractivity contribution in [3.8, 4) is 0 Å². The van der Waals surface area contributed by atoms with Crippen molar-refractivity contribution < 1.29 is 4.79 Å². The molecule has 1 aromatic carbocycles. The summed E-state index contributed by atoms with van der Waals surface area (Å²) in [6, 6.07) is 7.99. The van der Waals surface area contributed by atoms with Crippen LogP contribution in [0.3, 0.4) is 0 Å². The molecular formula is C22H28ClN5O. The minimum absolute atomic E-state index is 0.108. The van der Waals surface area contributed by atoms with E-state index >= 15 is 0 Å². The number of halogens is 1. The Kier molecular flexibility index (Phi) is 5.83. The molecule has 0 saturated carbocycles. The maximum absolute atomic E-state index is 11.6. The Morgan fingerprint density at radius 2 is 1.93 bits per heavy atom. The maximum atomic E-state index is 11.6. The van der Waals surface area contributed by atoms with Gasteiger partial charge in [-0.05, 0) is 36.8 Å². The SMILES string of the molecule is CCNC1=CN2C(CN3CCN(C(C)=O)CC3)=C(c3ccc(Cl)cc3)NC2C=C1. The van der Waals surface area contributed by atoms with Crippen LogP contribution in [0, 0.1) is 0 Å². The highest BCUT2D eigenvalue weighted by Gasteiger charge is 2.33. The van der Waals surface area contributed by atoms with Gasteiger partial charge in [-0.25, -0.2) is 0 Å². The number of likely N-dealkylation sites (N-methyl/N-ethyl adjacent to an activating group) is 1. The number of benzene rings is 1. The van der Waals surface area contributed by atoms with Gasteiger partial charge in [-0.3, -0.25) is 9.69 Å². The summed E-state index contributed by atoms with van der Waals surface area (Å²) in [6.07, 6.45) is 6.61. The summed E-state index contributed by atoms with van der Waals surface area (Å²) in [6.45, 7) is 8.81. The van der Waals surface area contributed by atoms with Crippen molar-refractivity contribution in [1.29, 1.82) is 0 Å². The van der Waals surface area contributed by atoms with Crippen molar-refractivity contribution in [2.24, 2.45) is 0 Å². The highest BCUT2D eigenvalue weighted by atomic mass is 35.5. The smallest absolute Gasteiger partial charge is 0.219 e. The molecule has 3 aliphatic rings. The van der Waals surface area contributed by atoms with Crippen molar-refractivity contribution in [3.63, 3.8) is 0 Å². The van der Waals surface area contributed by atoms with E-state index in [1.807, 2.05) is 17.0 Å². The molecule has 154 valence electrons. The lowest BCUT2D eigenvalue weighted by Crippen LogP contribution is -2.49. The van der Waals surface area contributed by atoms with E-state index in [1.165, 1.54) is 5.70 Å². The van der Waals surface area contributed by atoms with E-state index in [0.717, 1.165) is 61.2 Å². The van der Waals surface area contributed by atoms with Gasteiger partial charge in [0.25, 0.3) is 0 Å². The zero-order valence-corrected chi connectivity index (χ0v) is 17.7. The number of amides is 1. The number of allylic oxidation sites excluding steroid dienone is 1. The molecule has 0 radical (unpaired) electrons. The quantitative estimate of drug-likeness (QED) is 0.776. The number of piperazine rings is 1. The van der Waals surface area contributed by atoms with Crippen molar-refractivity contribution in [3.05, 3.63) is 64.6 Å². The largest absolute Gasteiger partial charge is 0.384 e. The first-order valence-electron chi connectivity index (χ1n) is 10.2. The fourth-order valence-corrected chi connectivity index (χ4v) is 4.18. The summed E-state index contributed by atoms with van der Waals surface area (Å²) in [5.41, 5.74) is 4.63. The van der Waals surface area contributed by atoms with Crippen LogP contribution < -0.4 is 10.6 Å². The minimum Gasteiger partial charge on any atom is -0.384 e. The predicted octanol–water partition coefficient (Wildman–Crippen LogP) is 2.42. The number of hydrogen-bond acceptors (Lipinski definition) is 5. The number of nitrogens with one attached hydrogen (secondary N) is 2. The molecule has 0 aliphatic carbocycles. The zero-order chi connectivity index (χ0) is 20.4. The van der Waals surface area contributed by atoms with Gasteiger partial charge in [0.05, 0.1) is 17.1 Å². The summed E-state index contributed by atoms with van der Waals surface area (Å²) >= 11 is 6.11. The first kappa shape index (κ1) is 19.9. The molecule has 0 bridgehead atoms. The first-order valence-corrected chi connectivity index (χ1v) is 10.6. The van der Waals surface area contributed by atoms with Gasteiger partial charge < -0.3 is 20.4 Å². The molecule has 3 aliphatic heterocycles. The van der Waals surface area contributed by atoms with Gasteiger partial charge in [0.2, 0.25) is 5.91 Å². The molecule has 0 aromatic heterocycles. The lowest BCUT2D eigenvalue weighted by Gasteiger charge is -2.36. The molecule has 7 heteroatoms. The van der Waals surface area contributed by atoms with E-state index in [-0.39, 0.29) is 12.1 Å². The van der Waals surface area contributed by atoms with Crippen LogP contribution in [-0.4, -0.2) is 66.0 Å². The van der Waals surface area contributed by atoms with Crippen LogP contribution in [0.25, 0.3) is 5.70 Å². The molecule has 1 saturated heterocycles. The standard InChI is InChI=1S/C22H28ClN5O/c1-3-24-19-8-9-21-25-22(17-4-6-18(23)7-5-17)20(28(21)14-19)15-26-10-12-27(13-11-26)16(2)29/h4-9,14,21,24-25H,3,10-13,15H2,1-2H3. The number of carbonyl (C=O) groups is 1. The van der Waals surface area contributed by atoms with Crippen molar-refractivity contribution in [2.75, 3.05) is 39.3 Å². The van der Waals surface area contributed by atoms with Crippen LogP contribution in [0.2, 0.25) is 5.02 Å². The van der Waals surface area contributed by atoms with E-state index in [9.17, 15) is 4.79 Å². The summed E-state index contributed by atoms with van der Waals surface area (Å²) < 4.78 is 0. The Hall–Kier alpha value is -2.44. The highest BCUT2D eigenvalue weighted by Crippen LogP contribution is 2.32. The average molecular weight is 414 g/mol. The number of carbonyl (C=O) groups excluding carboxylic acids is 1. The van der Waals surface area contributed by atoms with Gasteiger partial charge in [-0.1, -0.05) is 23.7 Å². The molecular weight excluding hydrogens is 386 g/mol. The van der Waals surface area contributed by atoms with Gasteiger partial charge in [0.15, 0.2) is 0 Å². The molecule has 29 heavy (non-hydrogen) atoms. The molecule has 1 amide bonds. The maximum Gasteiger partial charge on any atom is 0.219 e. The summed E-state index contributed by atoms with van der Waals surface area (Å²) in [7, 11) is 0. The zero-order valence-electron chi connectivity index (χ0n) is 17.0. The van der Waals surface area contributed by atoms with Gasteiger partial charge in [-0.15, -0.1) is 0 Å². The third kappa shape index (κ3) is 4.28. The van der Waals surface area contributed by atoms with Crippen molar-refractivity contribution in [2.45, 2.75) is 20.0 Å². The molecule has 1 aromatic rings. The van der Waals surface area contributed by atoms with E-state index in [4.69, 9.17) is 11.6 Å². The van der Waals surface area contributed by atoms with Gasteiger partial charge in [0, 0.05) is 57.4 Å². The van der Waals surface area contributed by atoms with Crippen LogP contribution in [0.1, 0.15) is 19.4 Å². The fraction of sp³-hybridized carbons (Fsp3) is 0.409. The lowest BCUT2D eigenvalue weighted by molar-refractivity contribution is -0.130. The second-order valence-electron chi connectivity index (χ2n) is 7.58. The van der Waals surface area contributed by atoms with Crippen molar-refractivity contribution in [1.82, 2.24) is 25.3 Å². The number of hydrogen-bond donors (Lipinski definition) is 2. The molecule has 3 heterocycles.